The highest BCUT2D eigenvalue weighted by Crippen LogP contribution is 2.41. The number of nitrogens with zero attached hydrogens (tertiary/aromatic N) is 3. The van der Waals surface area contributed by atoms with Crippen LogP contribution in [0.1, 0.15) is 79.3 Å². The van der Waals surface area contributed by atoms with Gasteiger partial charge in [0.05, 0.1) is 41.4 Å². The van der Waals surface area contributed by atoms with Crippen LogP contribution < -0.4 is 74.9 Å². The Morgan fingerprint density at radius 2 is 1.29 bits per heavy atom. The van der Waals surface area contributed by atoms with Gasteiger partial charge in [0.15, 0.2) is 5.11 Å². The number of likely N-dealkylation sites (tertiary alicyclic amines) is 1. The molecular formula is C71H86N15O15S3+. The molecule has 8 rings (SSSR count). The number of carboxylic acids is 1. The molecule has 7 unspecified atom stereocenters. The number of phenols is 1. The van der Waals surface area contributed by atoms with Crippen molar-refractivity contribution in [1.82, 2.24) is 47.4 Å². The molecule has 17 N–H and O–H groups in total. The summed E-state index contributed by atoms with van der Waals surface area (Å²) in [5.41, 5.74) is 22.0. The van der Waals surface area contributed by atoms with Crippen LogP contribution in [0.15, 0.2) is 114 Å². The largest absolute Gasteiger partial charge is 0.508 e. The van der Waals surface area contributed by atoms with Gasteiger partial charge < -0.3 is 90.0 Å². The van der Waals surface area contributed by atoms with Crippen molar-refractivity contribution in [2.24, 2.45) is 17.2 Å². The lowest BCUT2D eigenvalue weighted by atomic mass is 9.92. The number of hydrogen-bond acceptors (Lipinski definition) is 18. The van der Waals surface area contributed by atoms with Gasteiger partial charge in [-0.15, -0.1) is 0 Å². The zero-order chi connectivity index (χ0) is 75.3. The number of fused-ring (bicyclic) bond motifs is 2. The summed E-state index contributed by atoms with van der Waals surface area (Å²) in [4.78, 5) is 169. The Hall–Kier alpha value is -10.8. The molecule has 30 nitrogen and oxygen atoms in total. The molecule has 1 aromatic heterocycles. The number of benzene rings is 5. The molecule has 5 aromatic carbocycles. The first-order valence-electron chi connectivity index (χ1n) is 33.5. The minimum Gasteiger partial charge on any atom is -0.508 e. The van der Waals surface area contributed by atoms with Crippen LogP contribution in [0, 0.1) is 0 Å². The third-order valence-electron chi connectivity index (χ3n) is 17.3. The number of anilines is 3. The van der Waals surface area contributed by atoms with E-state index >= 15 is 0 Å². The van der Waals surface area contributed by atoms with Crippen molar-refractivity contribution in [2.75, 3.05) is 74.4 Å². The molecule has 2 aliphatic heterocycles. The monoisotopic (exact) mass is 1480 g/mol. The summed E-state index contributed by atoms with van der Waals surface area (Å²) in [6.07, 6.45) is -1.12. The van der Waals surface area contributed by atoms with E-state index < -0.39 is 139 Å². The SMILES string of the molecule is CN(C)c1ccc2c(-c3ccc(NC(=S)NCCCCC(NC(=O)C4CCCN4C(=O)C4CSSCCC(=O)NC(Cc5ccc(O)cc5)C(=O)NC(Cc5ccccc5)C(=O)NC(CCC(N)=O)C(=O)NC(CC(N)=O)C(=O)N4)C(=O)NCC(N)=O)cc3C(=O)O)c3ccc(N(C)C)cc3[o+]c2c1. The molecule has 0 spiro atoms. The summed E-state index contributed by atoms with van der Waals surface area (Å²) in [6.45, 7) is -0.337. The molecular weight excluding hydrogens is 1400 g/mol. The Kier molecular flexibility index (Phi) is 28.4. The molecule has 0 radical (unpaired) electrons. The third-order valence-corrected chi connectivity index (χ3v) is 19.9. The van der Waals surface area contributed by atoms with Crippen LogP contribution in [0.25, 0.3) is 33.1 Å². The molecule has 2 saturated heterocycles. The molecule has 0 aliphatic carbocycles. The smallest absolute Gasteiger partial charge is 0.363 e. The van der Waals surface area contributed by atoms with Crippen molar-refractivity contribution in [1.29, 1.82) is 0 Å². The third kappa shape index (κ3) is 22.4. The fraction of sp³-hybridized carbons (Fsp3) is 0.380. The van der Waals surface area contributed by atoms with Gasteiger partial charge in [-0.25, -0.2) is 9.21 Å². The Labute approximate surface area is 612 Å². The molecule has 0 saturated carbocycles. The van der Waals surface area contributed by atoms with E-state index in [2.05, 4.69) is 47.9 Å². The van der Waals surface area contributed by atoms with Crippen LogP contribution in [0.3, 0.4) is 0 Å². The lowest BCUT2D eigenvalue weighted by molar-refractivity contribution is -0.142. The number of unbranched alkanes of at least 4 members (excludes halogenated alkanes) is 1. The Bertz CT molecular complexity index is 4140. The Morgan fingerprint density at radius 1 is 0.683 bits per heavy atom. The number of carbonyl (C=O) groups excluding carboxylic acids is 11. The first-order chi connectivity index (χ1) is 49.6. The first kappa shape index (κ1) is 78.9. The van der Waals surface area contributed by atoms with Crippen LogP contribution >= 0.6 is 33.8 Å². The number of nitrogens with two attached hydrogens (primary N) is 3. The van der Waals surface area contributed by atoms with Gasteiger partial charge >= 0.3 is 17.1 Å². The van der Waals surface area contributed by atoms with Crippen LogP contribution in [0.4, 0.5) is 17.1 Å². The Balaban J connectivity index is 0.962. The zero-order valence-corrected chi connectivity index (χ0v) is 60.2. The van der Waals surface area contributed by atoms with Crippen molar-refractivity contribution in [2.45, 2.75) is 113 Å². The fourth-order valence-corrected chi connectivity index (χ4v) is 14.2. The van der Waals surface area contributed by atoms with Crippen molar-refractivity contribution in [3.05, 3.63) is 126 Å². The van der Waals surface area contributed by atoms with Gasteiger partial charge in [0, 0.05) is 101 Å². The lowest BCUT2D eigenvalue weighted by Crippen LogP contribution is -2.61. The highest BCUT2D eigenvalue weighted by atomic mass is 33.1. The van der Waals surface area contributed by atoms with Crippen molar-refractivity contribution in [3.63, 3.8) is 0 Å². The van der Waals surface area contributed by atoms with Gasteiger partial charge in [-0.2, -0.15) is 0 Å². The van der Waals surface area contributed by atoms with Crippen LogP contribution in [0.5, 0.6) is 5.75 Å². The minimum atomic E-state index is -1.81. The number of rotatable bonds is 25. The quantitative estimate of drug-likeness (QED) is 0.0129. The molecule has 3 heterocycles. The average molecular weight is 1490 g/mol. The second-order valence-electron chi connectivity index (χ2n) is 25.5. The highest BCUT2D eigenvalue weighted by molar-refractivity contribution is 8.76. The minimum absolute atomic E-state index is 0.00721. The van der Waals surface area contributed by atoms with Crippen LogP contribution in [-0.4, -0.2) is 193 Å². The van der Waals surface area contributed by atoms with E-state index in [-0.39, 0.29) is 86.0 Å². The molecule has 33 heteroatoms. The number of phenolic OH excluding ortho intramolecular Hbond substituents is 1. The van der Waals surface area contributed by atoms with E-state index in [4.69, 9.17) is 33.8 Å². The average Bonchev–Trinajstić information content (AvgIpc) is 0.844. The molecule has 0 bridgehead atoms. The van der Waals surface area contributed by atoms with Gasteiger partial charge in [0.25, 0.3) is 0 Å². The van der Waals surface area contributed by atoms with Crippen molar-refractivity contribution < 1.29 is 72.2 Å². The summed E-state index contributed by atoms with van der Waals surface area (Å²) in [7, 11) is 9.81. The summed E-state index contributed by atoms with van der Waals surface area (Å²) < 4.78 is 6.45. The van der Waals surface area contributed by atoms with E-state index in [1.165, 1.54) is 23.1 Å². The number of carbonyl (C=O) groups is 12. The summed E-state index contributed by atoms with van der Waals surface area (Å²) in [6, 6.07) is 20.6. The lowest BCUT2D eigenvalue weighted by Gasteiger charge is -2.31. The summed E-state index contributed by atoms with van der Waals surface area (Å²) in [5.74, 6) is -11.0. The van der Waals surface area contributed by atoms with Gasteiger partial charge in [-0.1, -0.05) is 70.1 Å². The standard InChI is InChI=1S/C71H85N15O15S3/c1-84(2)42-18-23-46-56(34-42)101-57-35-43(85(3)4)19-24-47(57)62(46)45-22-17-41(33-48(45)70(99)100)77-71(102)75-28-9-8-13-49(63(92)76-37-60(74)90)80-68(97)55-14-10-29-86(55)69(98)54-38-104-103-30-27-61(91)78-51(32-40-15-20-44(87)21-16-40)65(94)81-52(31-39-11-6-5-7-12-39)66(95)79-50(25-26-58(72)88)64(93)82-53(36-59(73)89)67(96)83-54/h5-7,11-12,15-24,33-35,49-55H,8-10,13-14,25-32,36-38H2,1-4H3,(H16-,72,73,74,75,76,77,78,79,80,81,82,83,87,88,89,90,91,92,93,94,95,96,97,99,100,102)/p+1. The fourth-order valence-electron chi connectivity index (χ4n) is 11.9. The molecule has 11 amide bonds. The maximum absolute atomic E-state index is 14.9. The number of carboxylic acid groups (broad SMARTS) is 1. The zero-order valence-electron chi connectivity index (χ0n) is 57.7. The second-order valence-corrected chi connectivity index (χ2v) is 28.5. The number of hydrogen-bond donors (Lipinski definition) is 14. The number of nitrogens with one attached hydrogen (secondary N) is 9. The molecule has 7 atom stereocenters. The predicted molar refractivity (Wildman–Crippen MR) is 400 cm³/mol. The first-order valence-corrected chi connectivity index (χ1v) is 36.4. The number of aromatic hydroxyl groups is 1. The number of primary amides is 3. The topological polar surface area (TPSA) is 453 Å². The molecule has 104 heavy (non-hydrogen) atoms. The molecule has 2 aliphatic rings. The molecule has 2 fully saturated rings. The second kappa shape index (κ2) is 37.4. The predicted octanol–water partition coefficient (Wildman–Crippen LogP) is 2.44. The maximum atomic E-state index is 14.9. The van der Waals surface area contributed by atoms with Gasteiger partial charge in [0.1, 0.15) is 48.0 Å². The van der Waals surface area contributed by atoms with Gasteiger partial charge in [-0.05, 0) is 116 Å². The normalized spacial score (nSPS) is 18.8. The van der Waals surface area contributed by atoms with Gasteiger partial charge in [0.2, 0.25) is 65.0 Å². The van der Waals surface area contributed by atoms with E-state index in [1.54, 1.807) is 54.6 Å². The number of amides is 11. The Morgan fingerprint density at radius 3 is 1.90 bits per heavy atom. The maximum Gasteiger partial charge on any atom is 0.363 e. The van der Waals surface area contributed by atoms with E-state index in [0.29, 0.717) is 56.3 Å². The van der Waals surface area contributed by atoms with Crippen LogP contribution in [0.2, 0.25) is 0 Å². The van der Waals surface area contributed by atoms with Crippen molar-refractivity contribution in [3.8, 4) is 16.9 Å². The van der Waals surface area contributed by atoms with Gasteiger partial charge in [-0.3, -0.25) is 52.7 Å². The summed E-state index contributed by atoms with van der Waals surface area (Å²) >= 11 is 5.64. The van der Waals surface area contributed by atoms with E-state index in [0.717, 1.165) is 33.0 Å². The molecule has 6 aromatic rings. The number of aromatic carboxylic acids is 1. The molecule has 552 valence electrons. The summed E-state index contributed by atoms with van der Waals surface area (Å²) in [5, 5.41) is 46.6. The highest BCUT2D eigenvalue weighted by Gasteiger charge is 2.41. The van der Waals surface area contributed by atoms with E-state index in [9.17, 15) is 67.7 Å². The van der Waals surface area contributed by atoms with Crippen molar-refractivity contribution >= 4 is 149 Å². The number of thiocarbonyl (C=S) groups is 1. The van der Waals surface area contributed by atoms with E-state index in [1.807, 2.05) is 74.4 Å². The van der Waals surface area contributed by atoms with Crippen LogP contribution in [-0.2, 0) is 65.6 Å².